The predicted molar refractivity (Wildman–Crippen MR) is 78.9 cm³/mol. The molecule has 3 atom stereocenters. The number of fused-ring (bicyclic) bond motifs is 1. The number of hydrogen-bond donors (Lipinski definition) is 1. The standard InChI is InChI=1S/C16H23F2N3/c1-11-9-20-6-2-3-13(20)10-21(11)16(8-19)12-4-5-14(17)15(18)7-12/h4-5,7,11,13,16H,2-3,6,8-10,19H2,1H3. The lowest BCUT2D eigenvalue weighted by atomic mass is 9.99. The summed E-state index contributed by atoms with van der Waals surface area (Å²) in [6.45, 7) is 5.79. The number of hydrogen-bond acceptors (Lipinski definition) is 3. The summed E-state index contributed by atoms with van der Waals surface area (Å²) in [7, 11) is 0. The van der Waals surface area contributed by atoms with E-state index in [0.717, 1.165) is 18.7 Å². The minimum atomic E-state index is -0.803. The summed E-state index contributed by atoms with van der Waals surface area (Å²) >= 11 is 0. The Balaban J connectivity index is 1.83. The molecule has 2 aliphatic heterocycles. The van der Waals surface area contributed by atoms with Crippen molar-refractivity contribution in [2.45, 2.75) is 37.9 Å². The molecule has 0 aromatic heterocycles. The minimum absolute atomic E-state index is 0.0437. The normalized spacial score (nSPS) is 28.6. The lowest BCUT2D eigenvalue weighted by Crippen LogP contribution is -2.56. The maximum absolute atomic E-state index is 13.5. The molecule has 0 spiro atoms. The molecule has 2 saturated heterocycles. The van der Waals surface area contributed by atoms with Crippen LogP contribution in [-0.2, 0) is 0 Å². The minimum Gasteiger partial charge on any atom is -0.329 e. The van der Waals surface area contributed by atoms with Crippen LogP contribution < -0.4 is 5.73 Å². The van der Waals surface area contributed by atoms with Gasteiger partial charge in [0, 0.05) is 37.8 Å². The van der Waals surface area contributed by atoms with E-state index in [1.807, 2.05) is 0 Å². The molecule has 0 bridgehead atoms. The third-order valence-corrected chi connectivity index (χ3v) is 4.94. The molecule has 1 aromatic carbocycles. The highest BCUT2D eigenvalue weighted by Crippen LogP contribution is 2.31. The quantitative estimate of drug-likeness (QED) is 0.927. The predicted octanol–water partition coefficient (Wildman–Crippen LogP) is 2.13. The van der Waals surface area contributed by atoms with Gasteiger partial charge in [-0.05, 0) is 44.0 Å². The van der Waals surface area contributed by atoms with E-state index in [2.05, 4.69) is 16.7 Å². The Bertz CT molecular complexity index is 508. The molecule has 2 heterocycles. The van der Waals surface area contributed by atoms with Crippen molar-refractivity contribution in [3.63, 3.8) is 0 Å². The summed E-state index contributed by atoms with van der Waals surface area (Å²) in [4.78, 5) is 4.90. The maximum atomic E-state index is 13.5. The van der Waals surface area contributed by atoms with E-state index < -0.39 is 11.6 Å². The Morgan fingerprint density at radius 2 is 2.10 bits per heavy atom. The van der Waals surface area contributed by atoms with Crippen molar-refractivity contribution in [1.29, 1.82) is 0 Å². The van der Waals surface area contributed by atoms with Crippen LogP contribution in [0.25, 0.3) is 0 Å². The van der Waals surface area contributed by atoms with Crippen molar-refractivity contribution < 1.29 is 8.78 Å². The molecule has 5 heteroatoms. The van der Waals surface area contributed by atoms with Gasteiger partial charge in [0.15, 0.2) is 11.6 Å². The van der Waals surface area contributed by atoms with E-state index in [1.165, 1.54) is 31.5 Å². The number of halogens is 2. The van der Waals surface area contributed by atoms with Crippen molar-refractivity contribution in [3.05, 3.63) is 35.4 Å². The van der Waals surface area contributed by atoms with Gasteiger partial charge in [-0.25, -0.2) is 8.78 Å². The summed E-state index contributed by atoms with van der Waals surface area (Å²) in [6, 6.07) is 5.06. The smallest absolute Gasteiger partial charge is 0.159 e. The molecule has 116 valence electrons. The van der Waals surface area contributed by atoms with Gasteiger partial charge in [0.2, 0.25) is 0 Å². The maximum Gasteiger partial charge on any atom is 0.159 e. The highest BCUT2D eigenvalue weighted by Gasteiger charge is 2.37. The van der Waals surface area contributed by atoms with Crippen LogP contribution in [0.15, 0.2) is 18.2 Å². The number of piperazine rings is 1. The van der Waals surface area contributed by atoms with E-state index in [9.17, 15) is 8.78 Å². The fourth-order valence-electron chi connectivity index (χ4n) is 3.83. The van der Waals surface area contributed by atoms with Crippen LogP contribution in [0.1, 0.15) is 31.4 Å². The summed E-state index contributed by atoms with van der Waals surface area (Å²) in [5.41, 5.74) is 6.72. The zero-order valence-electron chi connectivity index (χ0n) is 12.4. The lowest BCUT2D eigenvalue weighted by molar-refractivity contribution is 0.0295. The zero-order chi connectivity index (χ0) is 15.0. The summed E-state index contributed by atoms with van der Waals surface area (Å²) in [5.74, 6) is -1.60. The second-order valence-corrected chi connectivity index (χ2v) is 6.26. The summed E-state index contributed by atoms with van der Waals surface area (Å²) in [6.07, 6.45) is 2.47. The second kappa shape index (κ2) is 5.99. The summed E-state index contributed by atoms with van der Waals surface area (Å²) < 4.78 is 26.6. The van der Waals surface area contributed by atoms with Gasteiger partial charge in [0.1, 0.15) is 0 Å². The molecule has 3 rings (SSSR count). The van der Waals surface area contributed by atoms with Crippen LogP contribution in [0.3, 0.4) is 0 Å². The Hall–Kier alpha value is -1.04. The van der Waals surface area contributed by atoms with E-state index in [0.29, 0.717) is 18.6 Å². The SMILES string of the molecule is CC1CN2CCCC2CN1C(CN)c1ccc(F)c(F)c1. The Morgan fingerprint density at radius 1 is 1.29 bits per heavy atom. The van der Waals surface area contributed by atoms with Crippen LogP contribution in [0.2, 0.25) is 0 Å². The average Bonchev–Trinajstić information content (AvgIpc) is 2.90. The highest BCUT2D eigenvalue weighted by atomic mass is 19.2. The molecule has 2 N–H and O–H groups in total. The molecule has 2 fully saturated rings. The van der Waals surface area contributed by atoms with Gasteiger partial charge in [0.25, 0.3) is 0 Å². The Labute approximate surface area is 124 Å². The Morgan fingerprint density at radius 3 is 2.81 bits per heavy atom. The van der Waals surface area contributed by atoms with Gasteiger partial charge in [-0.1, -0.05) is 6.07 Å². The third-order valence-electron chi connectivity index (χ3n) is 4.94. The van der Waals surface area contributed by atoms with Crippen LogP contribution in [-0.4, -0.2) is 48.1 Å². The van der Waals surface area contributed by atoms with Crippen LogP contribution in [0.5, 0.6) is 0 Å². The molecule has 0 aliphatic carbocycles. The molecule has 0 saturated carbocycles. The highest BCUT2D eigenvalue weighted by molar-refractivity contribution is 5.22. The molecular formula is C16H23F2N3. The number of benzene rings is 1. The van der Waals surface area contributed by atoms with Crippen LogP contribution in [0, 0.1) is 11.6 Å². The van der Waals surface area contributed by atoms with Crippen molar-refractivity contribution in [2.24, 2.45) is 5.73 Å². The van der Waals surface area contributed by atoms with Crippen molar-refractivity contribution >= 4 is 0 Å². The van der Waals surface area contributed by atoms with Gasteiger partial charge in [-0.2, -0.15) is 0 Å². The van der Waals surface area contributed by atoms with E-state index in [1.54, 1.807) is 6.07 Å². The molecule has 2 aliphatic rings. The third kappa shape index (κ3) is 2.82. The van der Waals surface area contributed by atoms with Gasteiger partial charge in [-0.15, -0.1) is 0 Å². The number of rotatable bonds is 3. The molecular weight excluding hydrogens is 272 g/mol. The van der Waals surface area contributed by atoms with E-state index in [-0.39, 0.29) is 6.04 Å². The van der Waals surface area contributed by atoms with Gasteiger partial charge < -0.3 is 5.73 Å². The van der Waals surface area contributed by atoms with Crippen molar-refractivity contribution in [1.82, 2.24) is 9.80 Å². The van der Waals surface area contributed by atoms with Gasteiger partial charge in [0.05, 0.1) is 0 Å². The lowest BCUT2D eigenvalue weighted by Gasteiger charge is -2.46. The van der Waals surface area contributed by atoms with Crippen LogP contribution >= 0.6 is 0 Å². The van der Waals surface area contributed by atoms with E-state index >= 15 is 0 Å². The van der Waals surface area contributed by atoms with Crippen LogP contribution in [0.4, 0.5) is 8.78 Å². The number of nitrogens with zero attached hydrogens (tertiary/aromatic N) is 2. The largest absolute Gasteiger partial charge is 0.329 e. The first kappa shape index (κ1) is 14.9. The first-order valence-electron chi connectivity index (χ1n) is 7.75. The second-order valence-electron chi connectivity index (χ2n) is 6.26. The Kier molecular flexibility index (Phi) is 4.24. The first-order chi connectivity index (χ1) is 10.1. The fraction of sp³-hybridized carbons (Fsp3) is 0.625. The molecule has 0 amide bonds. The first-order valence-corrected chi connectivity index (χ1v) is 7.75. The molecule has 21 heavy (non-hydrogen) atoms. The van der Waals surface area contributed by atoms with Gasteiger partial charge in [-0.3, -0.25) is 9.80 Å². The van der Waals surface area contributed by atoms with Crippen molar-refractivity contribution in [3.8, 4) is 0 Å². The monoisotopic (exact) mass is 295 g/mol. The molecule has 1 aromatic rings. The van der Waals surface area contributed by atoms with Gasteiger partial charge >= 0.3 is 0 Å². The average molecular weight is 295 g/mol. The van der Waals surface area contributed by atoms with E-state index in [4.69, 9.17) is 5.73 Å². The zero-order valence-corrected chi connectivity index (χ0v) is 12.4. The molecule has 3 nitrogen and oxygen atoms in total. The summed E-state index contributed by atoms with van der Waals surface area (Å²) in [5, 5.41) is 0. The topological polar surface area (TPSA) is 32.5 Å². The fourth-order valence-corrected chi connectivity index (χ4v) is 3.83. The molecule has 0 radical (unpaired) electrons. The molecule has 3 unspecified atom stereocenters. The number of nitrogens with two attached hydrogens (primary N) is 1. The van der Waals surface area contributed by atoms with Crippen molar-refractivity contribution in [2.75, 3.05) is 26.2 Å².